The van der Waals surface area contributed by atoms with Gasteiger partial charge in [-0.25, -0.2) is 0 Å². The van der Waals surface area contributed by atoms with Crippen molar-refractivity contribution in [1.29, 1.82) is 0 Å². The topological polar surface area (TPSA) is 37.4 Å². The van der Waals surface area contributed by atoms with Crippen LogP contribution in [0, 0.1) is 0 Å². The van der Waals surface area contributed by atoms with Gasteiger partial charge in [0.05, 0.1) is 0 Å². The first-order chi connectivity index (χ1) is 5.67. The summed E-state index contributed by atoms with van der Waals surface area (Å²) in [4.78, 5) is 23.6. The minimum atomic E-state index is -0.115. The van der Waals surface area contributed by atoms with Crippen LogP contribution < -0.4 is 0 Å². The molecule has 0 spiro atoms. The highest BCUT2D eigenvalue weighted by Gasteiger charge is 2.16. The molecule has 0 bridgehead atoms. The van der Waals surface area contributed by atoms with Gasteiger partial charge in [-0.05, 0) is 0 Å². The van der Waals surface area contributed by atoms with Gasteiger partial charge in [0.1, 0.15) is 0 Å². The summed E-state index contributed by atoms with van der Waals surface area (Å²) < 4.78 is 0. The molecule has 0 aliphatic heterocycles. The predicted octanol–water partition coefficient (Wildman–Crippen LogP) is 1.09. The second-order valence-corrected chi connectivity index (χ2v) is 2.82. The molecular weight excluding hydrogens is 174 g/mol. The number of nitrogens with zero attached hydrogens (tertiary/aromatic N) is 1. The summed E-state index contributed by atoms with van der Waals surface area (Å²) >= 11 is 3.98. The van der Waals surface area contributed by atoms with E-state index in [-0.39, 0.29) is 11.8 Å². The zero-order valence-electron chi connectivity index (χ0n) is 7.54. The molecule has 4 heteroatoms. The van der Waals surface area contributed by atoms with Crippen LogP contribution in [0.5, 0.6) is 0 Å². The van der Waals surface area contributed by atoms with Gasteiger partial charge in [0.25, 0.3) is 0 Å². The lowest BCUT2D eigenvalue weighted by Crippen LogP contribution is -2.37. The van der Waals surface area contributed by atoms with Crippen molar-refractivity contribution in [3.63, 3.8) is 0 Å². The van der Waals surface area contributed by atoms with Crippen LogP contribution in [-0.2, 0) is 9.59 Å². The number of imide groups is 1. The van der Waals surface area contributed by atoms with E-state index < -0.39 is 0 Å². The molecule has 0 aliphatic carbocycles. The number of thiol groups is 1. The van der Waals surface area contributed by atoms with Crippen LogP contribution in [0.15, 0.2) is 0 Å². The van der Waals surface area contributed by atoms with Crippen molar-refractivity contribution >= 4 is 24.4 Å². The van der Waals surface area contributed by atoms with E-state index in [0.29, 0.717) is 25.1 Å². The number of carbonyl (C=O) groups is 2. The van der Waals surface area contributed by atoms with E-state index in [9.17, 15) is 9.59 Å². The van der Waals surface area contributed by atoms with Crippen LogP contribution in [0.25, 0.3) is 0 Å². The Morgan fingerprint density at radius 3 is 1.83 bits per heavy atom. The smallest absolute Gasteiger partial charge is 0.228 e. The lowest BCUT2D eigenvalue weighted by molar-refractivity contribution is -0.144. The molecule has 70 valence electrons. The molecule has 0 heterocycles. The van der Waals surface area contributed by atoms with Gasteiger partial charge in [-0.2, -0.15) is 12.6 Å². The third kappa shape index (κ3) is 3.26. The Balaban J connectivity index is 4.21. The Morgan fingerprint density at radius 2 is 1.58 bits per heavy atom. The summed E-state index contributed by atoms with van der Waals surface area (Å²) in [6.45, 7) is 3.91. The maximum absolute atomic E-state index is 11.2. The highest BCUT2D eigenvalue weighted by Crippen LogP contribution is 1.98. The molecule has 0 saturated carbocycles. The van der Waals surface area contributed by atoms with E-state index in [1.165, 1.54) is 4.90 Å². The molecule has 0 N–H and O–H groups in total. The first-order valence-corrected chi connectivity index (χ1v) is 4.74. The molecule has 3 nitrogen and oxygen atoms in total. The molecule has 0 unspecified atom stereocenters. The Morgan fingerprint density at radius 1 is 1.17 bits per heavy atom. The molecule has 12 heavy (non-hydrogen) atoms. The van der Waals surface area contributed by atoms with E-state index >= 15 is 0 Å². The molecule has 0 atom stereocenters. The van der Waals surface area contributed by atoms with Gasteiger partial charge in [0, 0.05) is 25.1 Å². The quantitative estimate of drug-likeness (QED) is 0.672. The third-order valence-corrected chi connectivity index (χ3v) is 1.73. The maximum atomic E-state index is 11.2. The lowest BCUT2D eigenvalue weighted by Gasteiger charge is -2.18. The third-order valence-electron chi connectivity index (χ3n) is 1.53. The van der Waals surface area contributed by atoms with E-state index in [0.717, 1.165) is 0 Å². The normalized spacial score (nSPS) is 9.58. The van der Waals surface area contributed by atoms with Gasteiger partial charge in [-0.1, -0.05) is 13.8 Å². The second kappa shape index (κ2) is 6.06. The van der Waals surface area contributed by atoms with Gasteiger partial charge in [0.2, 0.25) is 11.8 Å². The fraction of sp³-hybridized carbons (Fsp3) is 0.750. The molecule has 0 fully saturated rings. The van der Waals surface area contributed by atoms with Gasteiger partial charge < -0.3 is 0 Å². The first-order valence-electron chi connectivity index (χ1n) is 4.11. The van der Waals surface area contributed by atoms with E-state index in [1.807, 2.05) is 0 Å². The maximum Gasteiger partial charge on any atom is 0.228 e. The van der Waals surface area contributed by atoms with Crippen LogP contribution in [0.2, 0.25) is 0 Å². The SMILES string of the molecule is CCC(=O)N(CCS)C(=O)CC. The van der Waals surface area contributed by atoms with E-state index in [2.05, 4.69) is 12.6 Å². The van der Waals surface area contributed by atoms with Gasteiger partial charge in [-0.3, -0.25) is 14.5 Å². The zero-order valence-corrected chi connectivity index (χ0v) is 8.43. The average molecular weight is 189 g/mol. The number of hydrogen-bond acceptors (Lipinski definition) is 3. The standard InChI is InChI=1S/C8H15NO2S/c1-3-7(10)9(5-6-12)8(11)4-2/h12H,3-6H2,1-2H3. The minimum absolute atomic E-state index is 0.115. The molecule has 0 aliphatic rings. The molecule has 0 aromatic rings. The van der Waals surface area contributed by atoms with Crippen molar-refractivity contribution in [2.24, 2.45) is 0 Å². The van der Waals surface area contributed by atoms with Gasteiger partial charge in [-0.15, -0.1) is 0 Å². The lowest BCUT2D eigenvalue weighted by atomic mass is 10.3. The second-order valence-electron chi connectivity index (χ2n) is 2.37. The summed E-state index contributed by atoms with van der Waals surface area (Å²) in [6, 6.07) is 0. The fourth-order valence-electron chi connectivity index (χ4n) is 0.870. The Bertz CT molecular complexity index is 154. The van der Waals surface area contributed by atoms with Crippen molar-refractivity contribution in [2.45, 2.75) is 26.7 Å². The summed E-state index contributed by atoms with van der Waals surface area (Å²) in [6.07, 6.45) is 0.749. The molecule has 0 aromatic heterocycles. The average Bonchev–Trinajstić information content (AvgIpc) is 2.11. The Labute approximate surface area is 78.5 Å². The Hall–Kier alpha value is -0.510. The van der Waals surface area contributed by atoms with E-state index in [4.69, 9.17) is 0 Å². The number of carbonyl (C=O) groups excluding carboxylic acids is 2. The largest absolute Gasteiger partial charge is 0.282 e. The summed E-state index contributed by atoms with van der Waals surface area (Å²) in [5, 5.41) is 0. The number of hydrogen-bond donors (Lipinski definition) is 1. The van der Waals surface area contributed by atoms with Crippen LogP contribution >= 0.6 is 12.6 Å². The Kier molecular flexibility index (Phi) is 5.80. The van der Waals surface area contributed by atoms with E-state index in [1.54, 1.807) is 13.8 Å². The molecule has 0 radical (unpaired) electrons. The first kappa shape index (κ1) is 11.5. The van der Waals surface area contributed by atoms with Crippen LogP contribution in [-0.4, -0.2) is 29.0 Å². The fourth-order valence-corrected chi connectivity index (χ4v) is 1.07. The minimum Gasteiger partial charge on any atom is -0.282 e. The molecule has 0 aromatic carbocycles. The van der Waals surface area contributed by atoms with Crippen molar-refractivity contribution in [2.75, 3.05) is 12.3 Å². The zero-order chi connectivity index (χ0) is 9.56. The molecule has 0 saturated heterocycles. The highest BCUT2D eigenvalue weighted by atomic mass is 32.1. The molecule has 2 amide bonds. The molecule has 0 rings (SSSR count). The summed E-state index contributed by atoms with van der Waals surface area (Å²) in [7, 11) is 0. The van der Waals surface area contributed by atoms with Crippen molar-refractivity contribution in [1.82, 2.24) is 4.90 Å². The summed E-state index contributed by atoms with van der Waals surface area (Å²) in [5.41, 5.74) is 0. The van der Waals surface area contributed by atoms with Crippen molar-refractivity contribution in [3.05, 3.63) is 0 Å². The van der Waals surface area contributed by atoms with Crippen LogP contribution in [0.1, 0.15) is 26.7 Å². The van der Waals surface area contributed by atoms with Crippen LogP contribution in [0.3, 0.4) is 0 Å². The van der Waals surface area contributed by atoms with Crippen LogP contribution in [0.4, 0.5) is 0 Å². The van der Waals surface area contributed by atoms with Crippen molar-refractivity contribution < 1.29 is 9.59 Å². The monoisotopic (exact) mass is 189 g/mol. The number of amides is 2. The highest BCUT2D eigenvalue weighted by molar-refractivity contribution is 7.80. The van der Waals surface area contributed by atoms with Crippen molar-refractivity contribution in [3.8, 4) is 0 Å². The molecular formula is C8H15NO2S. The predicted molar refractivity (Wildman–Crippen MR) is 51.2 cm³/mol. The summed E-state index contributed by atoms with van der Waals surface area (Å²) in [5.74, 6) is 0.295. The van der Waals surface area contributed by atoms with Gasteiger partial charge in [0.15, 0.2) is 0 Å². The number of rotatable bonds is 4. The van der Waals surface area contributed by atoms with Gasteiger partial charge >= 0.3 is 0 Å².